The third-order valence-electron chi connectivity index (χ3n) is 4.66. The first-order valence-corrected chi connectivity index (χ1v) is 8.71. The first kappa shape index (κ1) is 20.0. The van der Waals surface area contributed by atoms with Gasteiger partial charge in [0.1, 0.15) is 5.75 Å². The topological polar surface area (TPSA) is 95.0 Å². The Bertz CT molecular complexity index is 652. The van der Waals surface area contributed by atoms with Gasteiger partial charge in [0.25, 0.3) is 0 Å². The predicted octanol–water partition coefficient (Wildman–Crippen LogP) is 1.17. The van der Waals surface area contributed by atoms with Gasteiger partial charge in [-0.05, 0) is 25.8 Å². The first-order chi connectivity index (χ1) is 12.3. The van der Waals surface area contributed by atoms with E-state index in [-0.39, 0.29) is 30.9 Å². The van der Waals surface area contributed by atoms with E-state index in [9.17, 15) is 14.7 Å². The molecule has 2 heterocycles. The lowest BCUT2D eigenvalue weighted by molar-refractivity contribution is -0.135. The molecule has 1 aliphatic heterocycles. The van der Waals surface area contributed by atoms with Gasteiger partial charge in [-0.25, -0.2) is 4.79 Å². The summed E-state index contributed by atoms with van der Waals surface area (Å²) >= 11 is 0. The van der Waals surface area contributed by atoms with Crippen LogP contribution in [0.1, 0.15) is 37.8 Å². The molecule has 144 valence electrons. The normalized spacial score (nSPS) is 21.0. The highest BCUT2D eigenvalue weighted by molar-refractivity contribution is 5.78. The zero-order chi connectivity index (χ0) is 19.3. The maximum Gasteiger partial charge on any atom is 0.317 e. The number of hydrogen-bond donors (Lipinski definition) is 2. The van der Waals surface area contributed by atoms with Crippen LogP contribution < -0.4 is 10.1 Å². The van der Waals surface area contributed by atoms with E-state index >= 15 is 0 Å². The molecule has 0 aliphatic carbocycles. The summed E-state index contributed by atoms with van der Waals surface area (Å²) in [4.78, 5) is 31.6. The zero-order valence-electron chi connectivity index (χ0n) is 15.9. The van der Waals surface area contributed by atoms with Gasteiger partial charge in [0.15, 0.2) is 0 Å². The number of β-amino-alcohol motifs (C(OH)–C–C–N with tert-alkyl or cyclic N) is 1. The third-order valence-corrected chi connectivity index (χ3v) is 4.66. The van der Waals surface area contributed by atoms with Gasteiger partial charge in [-0.3, -0.25) is 9.78 Å². The summed E-state index contributed by atoms with van der Waals surface area (Å²) in [7, 11) is 4.87. The lowest BCUT2D eigenvalue weighted by atomic mass is 9.89. The van der Waals surface area contributed by atoms with Gasteiger partial charge < -0.3 is 25.0 Å². The molecule has 0 bridgehead atoms. The number of piperidine rings is 1. The van der Waals surface area contributed by atoms with Gasteiger partial charge in [0, 0.05) is 32.4 Å². The summed E-state index contributed by atoms with van der Waals surface area (Å²) in [5.41, 5.74) is -0.361. The van der Waals surface area contributed by atoms with Crippen LogP contribution in [0, 0.1) is 0 Å². The summed E-state index contributed by atoms with van der Waals surface area (Å²) in [5, 5.41) is 13.7. The second kappa shape index (κ2) is 8.35. The highest BCUT2D eigenvalue weighted by Crippen LogP contribution is 2.27. The summed E-state index contributed by atoms with van der Waals surface area (Å²) in [6, 6.07) is 1.25. The number of likely N-dealkylation sites (tertiary alicyclic amines) is 1. The van der Waals surface area contributed by atoms with Crippen molar-refractivity contribution >= 4 is 11.9 Å². The van der Waals surface area contributed by atoms with Gasteiger partial charge in [-0.2, -0.15) is 0 Å². The molecular formula is C18H28N4O4. The van der Waals surface area contributed by atoms with Gasteiger partial charge in [0.2, 0.25) is 5.91 Å². The van der Waals surface area contributed by atoms with Crippen LogP contribution in [0.3, 0.4) is 0 Å². The second-order valence-corrected chi connectivity index (χ2v) is 7.00. The molecule has 2 atom stereocenters. The number of rotatable bonds is 5. The van der Waals surface area contributed by atoms with Crippen molar-refractivity contribution in [1.82, 2.24) is 20.1 Å². The number of nitrogens with one attached hydrogen (secondary N) is 1. The van der Waals surface area contributed by atoms with Crippen molar-refractivity contribution in [3.8, 4) is 5.75 Å². The van der Waals surface area contributed by atoms with Crippen molar-refractivity contribution in [1.29, 1.82) is 0 Å². The molecule has 1 aromatic rings. The summed E-state index contributed by atoms with van der Waals surface area (Å²) in [6.45, 7) is 2.55. The number of amides is 3. The molecule has 8 heteroatoms. The molecule has 26 heavy (non-hydrogen) atoms. The van der Waals surface area contributed by atoms with Crippen LogP contribution in [-0.4, -0.2) is 71.7 Å². The van der Waals surface area contributed by atoms with Crippen LogP contribution in [-0.2, 0) is 4.79 Å². The molecule has 1 fully saturated rings. The fourth-order valence-electron chi connectivity index (χ4n) is 3.14. The third kappa shape index (κ3) is 4.85. The number of pyridine rings is 1. The van der Waals surface area contributed by atoms with Crippen LogP contribution in [0.4, 0.5) is 4.79 Å². The Morgan fingerprint density at radius 3 is 2.88 bits per heavy atom. The Labute approximate surface area is 154 Å². The summed E-state index contributed by atoms with van der Waals surface area (Å²) in [6.07, 6.45) is 4.41. The number of urea groups is 1. The average Bonchev–Trinajstić information content (AvgIpc) is 2.61. The quantitative estimate of drug-likeness (QED) is 0.818. The summed E-state index contributed by atoms with van der Waals surface area (Å²) < 4.78 is 5.28. The smallest absolute Gasteiger partial charge is 0.317 e. The molecule has 1 aromatic heterocycles. The number of nitrogens with zero attached hydrogens (tertiary/aromatic N) is 3. The Balaban J connectivity index is 2.01. The molecule has 0 aromatic carbocycles. The van der Waals surface area contributed by atoms with Crippen molar-refractivity contribution in [2.45, 2.75) is 37.8 Å². The first-order valence-electron chi connectivity index (χ1n) is 8.71. The Morgan fingerprint density at radius 1 is 1.50 bits per heavy atom. The monoisotopic (exact) mass is 364 g/mol. The Morgan fingerprint density at radius 2 is 2.23 bits per heavy atom. The van der Waals surface area contributed by atoms with E-state index in [1.54, 1.807) is 44.6 Å². The molecule has 0 spiro atoms. The number of aliphatic hydroxyl groups is 1. The molecule has 1 saturated heterocycles. The molecule has 3 amide bonds. The second-order valence-electron chi connectivity index (χ2n) is 7.00. The van der Waals surface area contributed by atoms with Gasteiger partial charge >= 0.3 is 6.03 Å². The molecule has 2 N–H and O–H groups in total. The predicted molar refractivity (Wildman–Crippen MR) is 96.8 cm³/mol. The number of carbonyl (C=O) groups excluding carboxylic acids is 2. The average molecular weight is 364 g/mol. The van der Waals surface area contributed by atoms with Crippen LogP contribution in [0.5, 0.6) is 5.75 Å². The van der Waals surface area contributed by atoms with E-state index in [1.165, 1.54) is 4.90 Å². The largest absolute Gasteiger partial charge is 0.495 e. The molecule has 0 saturated carbocycles. The molecule has 2 unspecified atom stereocenters. The molecule has 2 rings (SSSR count). The van der Waals surface area contributed by atoms with Crippen LogP contribution in [0.25, 0.3) is 0 Å². The maximum atomic E-state index is 12.6. The standard InChI is InChI=1S/C18H28N4O4/c1-13(14-6-8-19-11-15(14)26-4)20-17(24)22-9-5-7-18(25,12-22)10-16(23)21(2)3/h6,8,11,13,25H,5,7,9-10,12H2,1-4H3,(H,20,24). The van der Waals surface area contributed by atoms with Crippen molar-refractivity contribution in [2.75, 3.05) is 34.3 Å². The minimum absolute atomic E-state index is 0.0114. The van der Waals surface area contributed by atoms with Crippen molar-refractivity contribution < 1.29 is 19.4 Å². The van der Waals surface area contributed by atoms with Gasteiger partial charge in [-0.1, -0.05) is 0 Å². The van der Waals surface area contributed by atoms with E-state index in [0.717, 1.165) is 5.56 Å². The lowest BCUT2D eigenvalue weighted by Crippen LogP contribution is -2.54. The van der Waals surface area contributed by atoms with E-state index in [2.05, 4.69) is 10.3 Å². The number of ether oxygens (including phenoxy) is 1. The molecule has 0 radical (unpaired) electrons. The maximum absolute atomic E-state index is 12.6. The van der Waals surface area contributed by atoms with E-state index in [0.29, 0.717) is 25.1 Å². The number of carbonyl (C=O) groups is 2. The van der Waals surface area contributed by atoms with E-state index in [4.69, 9.17) is 4.74 Å². The minimum Gasteiger partial charge on any atom is -0.495 e. The molecular weight excluding hydrogens is 336 g/mol. The van der Waals surface area contributed by atoms with Crippen molar-refractivity contribution in [3.63, 3.8) is 0 Å². The number of hydrogen-bond acceptors (Lipinski definition) is 5. The Hall–Kier alpha value is -2.35. The fraction of sp³-hybridized carbons (Fsp3) is 0.611. The molecule has 8 nitrogen and oxygen atoms in total. The number of methoxy groups -OCH3 is 1. The highest BCUT2D eigenvalue weighted by Gasteiger charge is 2.37. The van der Waals surface area contributed by atoms with Crippen molar-refractivity contribution in [2.24, 2.45) is 0 Å². The Kier molecular flexibility index (Phi) is 6.42. The fourth-order valence-corrected chi connectivity index (χ4v) is 3.14. The lowest BCUT2D eigenvalue weighted by Gasteiger charge is -2.39. The van der Waals surface area contributed by atoms with E-state index in [1.807, 2.05) is 6.92 Å². The van der Waals surface area contributed by atoms with E-state index < -0.39 is 5.60 Å². The highest BCUT2D eigenvalue weighted by atomic mass is 16.5. The zero-order valence-corrected chi connectivity index (χ0v) is 15.9. The van der Waals surface area contributed by atoms with Crippen LogP contribution >= 0.6 is 0 Å². The van der Waals surface area contributed by atoms with Gasteiger partial charge in [-0.15, -0.1) is 0 Å². The van der Waals surface area contributed by atoms with Crippen molar-refractivity contribution in [3.05, 3.63) is 24.0 Å². The van der Waals surface area contributed by atoms with Crippen LogP contribution in [0.2, 0.25) is 0 Å². The number of aromatic nitrogens is 1. The SMILES string of the molecule is COc1cnccc1C(C)NC(=O)N1CCCC(O)(CC(=O)N(C)C)C1. The van der Waals surface area contributed by atoms with Gasteiger partial charge in [0.05, 0.1) is 37.9 Å². The summed E-state index contributed by atoms with van der Waals surface area (Å²) in [5.74, 6) is 0.455. The van der Waals surface area contributed by atoms with Crippen LogP contribution in [0.15, 0.2) is 18.5 Å². The molecule has 1 aliphatic rings. The minimum atomic E-state index is -1.19.